The summed E-state index contributed by atoms with van der Waals surface area (Å²) in [5.41, 5.74) is 6.97. The molecular weight excluding hydrogens is 207 g/mol. The Kier molecular flexibility index (Phi) is 4.43. The molecule has 16 heavy (non-hydrogen) atoms. The monoisotopic (exact) mass is 224 g/mol. The molecule has 0 aliphatic rings. The van der Waals surface area contributed by atoms with E-state index in [4.69, 9.17) is 5.73 Å². The summed E-state index contributed by atoms with van der Waals surface area (Å²) >= 11 is 0. The summed E-state index contributed by atoms with van der Waals surface area (Å²) in [6, 6.07) is 3.73. The number of nitrogens with two attached hydrogens (primary N) is 1. The van der Waals surface area contributed by atoms with Crippen LogP contribution >= 0.6 is 0 Å². The lowest BCUT2D eigenvalue weighted by molar-refractivity contribution is -0.117. The van der Waals surface area contributed by atoms with Gasteiger partial charge in [-0.3, -0.25) is 4.79 Å². The standard InChI is InChI=1S/C12H17FN2O/c1-3-4-10(14)12(16)15-11-6-5-9(13)7-8(11)2/h5-7,10H,3-4,14H2,1-2H3,(H,15,16)/t10-/m1/s1. The van der Waals surface area contributed by atoms with Gasteiger partial charge >= 0.3 is 0 Å². The molecule has 0 spiro atoms. The Morgan fingerprint density at radius 1 is 1.56 bits per heavy atom. The van der Waals surface area contributed by atoms with Gasteiger partial charge in [0.25, 0.3) is 0 Å². The van der Waals surface area contributed by atoms with Crippen molar-refractivity contribution in [2.24, 2.45) is 5.73 Å². The Morgan fingerprint density at radius 2 is 2.25 bits per heavy atom. The van der Waals surface area contributed by atoms with Gasteiger partial charge in [0.05, 0.1) is 6.04 Å². The van der Waals surface area contributed by atoms with Crippen LogP contribution in [0.2, 0.25) is 0 Å². The van der Waals surface area contributed by atoms with E-state index in [1.807, 2.05) is 6.92 Å². The molecule has 0 aliphatic heterocycles. The van der Waals surface area contributed by atoms with Crippen LogP contribution in [0.15, 0.2) is 18.2 Å². The van der Waals surface area contributed by atoms with Crippen molar-refractivity contribution in [3.05, 3.63) is 29.6 Å². The molecule has 88 valence electrons. The van der Waals surface area contributed by atoms with E-state index in [9.17, 15) is 9.18 Å². The molecule has 1 aromatic rings. The lowest BCUT2D eigenvalue weighted by Crippen LogP contribution is -2.35. The number of halogens is 1. The van der Waals surface area contributed by atoms with Gasteiger partial charge in [-0.25, -0.2) is 4.39 Å². The molecule has 0 bridgehead atoms. The normalized spacial score (nSPS) is 12.2. The summed E-state index contributed by atoms with van der Waals surface area (Å²) in [4.78, 5) is 11.6. The summed E-state index contributed by atoms with van der Waals surface area (Å²) in [7, 11) is 0. The lowest BCUT2D eigenvalue weighted by atomic mass is 10.1. The maximum Gasteiger partial charge on any atom is 0.241 e. The highest BCUT2D eigenvalue weighted by Crippen LogP contribution is 2.15. The van der Waals surface area contributed by atoms with Gasteiger partial charge in [-0.1, -0.05) is 13.3 Å². The quantitative estimate of drug-likeness (QED) is 0.823. The molecule has 0 saturated carbocycles. The number of amides is 1. The fraction of sp³-hybridized carbons (Fsp3) is 0.417. The Morgan fingerprint density at radius 3 is 2.81 bits per heavy atom. The highest BCUT2D eigenvalue weighted by atomic mass is 19.1. The third-order valence-corrected chi connectivity index (χ3v) is 2.38. The highest BCUT2D eigenvalue weighted by Gasteiger charge is 2.13. The van der Waals surface area contributed by atoms with Crippen molar-refractivity contribution in [2.75, 3.05) is 5.32 Å². The zero-order valence-electron chi connectivity index (χ0n) is 9.59. The Labute approximate surface area is 94.8 Å². The van der Waals surface area contributed by atoms with E-state index in [1.165, 1.54) is 12.1 Å². The van der Waals surface area contributed by atoms with Crippen LogP contribution in [0.1, 0.15) is 25.3 Å². The molecular formula is C12H17FN2O. The van der Waals surface area contributed by atoms with Crippen LogP contribution in [0.25, 0.3) is 0 Å². The second-order valence-electron chi connectivity index (χ2n) is 3.84. The van der Waals surface area contributed by atoms with E-state index in [0.717, 1.165) is 6.42 Å². The highest BCUT2D eigenvalue weighted by molar-refractivity contribution is 5.95. The molecule has 4 heteroatoms. The fourth-order valence-corrected chi connectivity index (χ4v) is 1.43. The first-order valence-corrected chi connectivity index (χ1v) is 5.37. The van der Waals surface area contributed by atoms with E-state index in [0.29, 0.717) is 17.7 Å². The SMILES string of the molecule is CCC[C@@H](N)C(=O)Nc1ccc(F)cc1C. The first-order chi connectivity index (χ1) is 7.54. The number of hydrogen-bond donors (Lipinski definition) is 2. The van der Waals surface area contributed by atoms with Crippen molar-refractivity contribution in [1.82, 2.24) is 0 Å². The van der Waals surface area contributed by atoms with Crippen LogP contribution in [0.5, 0.6) is 0 Å². The molecule has 0 aromatic heterocycles. The van der Waals surface area contributed by atoms with Gasteiger partial charge in [-0.2, -0.15) is 0 Å². The third-order valence-electron chi connectivity index (χ3n) is 2.38. The zero-order chi connectivity index (χ0) is 12.1. The van der Waals surface area contributed by atoms with Gasteiger partial charge in [-0.15, -0.1) is 0 Å². The number of rotatable bonds is 4. The van der Waals surface area contributed by atoms with Gasteiger partial charge < -0.3 is 11.1 Å². The molecule has 1 aromatic carbocycles. The van der Waals surface area contributed by atoms with E-state index in [1.54, 1.807) is 13.0 Å². The van der Waals surface area contributed by atoms with Crippen LogP contribution in [0.3, 0.4) is 0 Å². The second kappa shape index (κ2) is 5.61. The molecule has 0 radical (unpaired) electrons. The number of anilines is 1. The molecule has 3 N–H and O–H groups in total. The van der Waals surface area contributed by atoms with Gasteiger partial charge in [0.15, 0.2) is 0 Å². The van der Waals surface area contributed by atoms with E-state index >= 15 is 0 Å². The summed E-state index contributed by atoms with van der Waals surface area (Å²) < 4.78 is 12.8. The molecule has 0 saturated heterocycles. The minimum absolute atomic E-state index is 0.225. The molecule has 1 rings (SSSR count). The van der Waals surface area contributed by atoms with Crippen LogP contribution < -0.4 is 11.1 Å². The summed E-state index contributed by atoms with van der Waals surface area (Å²) in [5.74, 6) is -0.537. The van der Waals surface area contributed by atoms with E-state index in [-0.39, 0.29) is 11.7 Å². The number of hydrogen-bond acceptors (Lipinski definition) is 2. The minimum atomic E-state index is -0.505. The van der Waals surface area contributed by atoms with Crippen molar-refractivity contribution in [3.8, 4) is 0 Å². The van der Waals surface area contributed by atoms with Crippen molar-refractivity contribution in [2.45, 2.75) is 32.7 Å². The smallest absolute Gasteiger partial charge is 0.241 e. The van der Waals surface area contributed by atoms with E-state index in [2.05, 4.69) is 5.32 Å². The van der Waals surface area contributed by atoms with Crippen molar-refractivity contribution >= 4 is 11.6 Å². The average Bonchev–Trinajstić information content (AvgIpc) is 2.22. The van der Waals surface area contributed by atoms with Crippen LogP contribution in [0.4, 0.5) is 10.1 Å². The van der Waals surface area contributed by atoms with Gasteiger partial charge in [-0.05, 0) is 37.1 Å². The lowest BCUT2D eigenvalue weighted by Gasteiger charge is -2.12. The number of nitrogens with one attached hydrogen (secondary N) is 1. The molecule has 0 fully saturated rings. The van der Waals surface area contributed by atoms with Crippen molar-refractivity contribution < 1.29 is 9.18 Å². The van der Waals surface area contributed by atoms with Crippen molar-refractivity contribution in [3.63, 3.8) is 0 Å². The number of carbonyl (C=O) groups is 1. The third kappa shape index (κ3) is 3.31. The predicted molar refractivity (Wildman–Crippen MR) is 62.7 cm³/mol. The topological polar surface area (TPSA) is 55.1 Å². The molecule has 1 atom stereocenters. The summed E-state index contributed by atoms with van der Waals surface area (Å²) in [6.45, 7) is 3.71. The Balaban J connectivity index is 2.69. The molecule has 0 heterocycles. The molecule has 0 aliphatic carbocycles. The van der Waals surface area contributed by atoms with Gasteiger partial charge in [0.2, 0.25) is 5.91 Å². The van der Waals surface area contributed by atoms with E-state index < -0.39 is 6.04 Å². The van der Waals surface area contributed by atoms with Crippen LogP contribution in [-0.4, -0.2) is 11.9 Å². The second-order valence-corrected chi connectivity index (χ2v) is 3.84. The van der Waals surface area contributed by atoms with Gasteiger partial charge in [0.1, 0.15) is 5.82 Å². The average molecular weight is 224 g/mol. The number of carbonyl (C=O) groups excluding carboxylic acids is 1. The Hall–Kier alpha value is -1.42. The maximum absolute atomic E-state index is 12.8. The number of benzene rings is 1. The first-order valence-electron chi connectivity index (χ1n) is 5.37. The minimum Gasteiger partial charge on any atom is -0.324 e. The maximum atomic E-state index is 12.8. The summed E-state index contributed by atoms with van der Waals surface area (Å²) in [5, 5.41) is 2.69. The predicted octanol–water partition coefficient (Wildman–Crippen LogP) is 2.20. The van der Waals surface area contributed by atoms with Crippen LogP contribution in [-0.2, 0) is 4.79 Å². The van der Waals surface area contributed by atoms with Crippen molar-refractivity contribution in [1.29, 1.82) is 0 Å². The largest absolute Gasteiger partial charge is 0.324 e. The molecule has 0 unspecified atom stereocenters. The number of aryl methyl sites for hydroxylation is 1. The van der Waals surface area contributed by atoms with Gasteiger partial charge in [0, 0.05) is 5.69 Å². The molecule has 1 amide bonds. The molecule has 3 nitrogen and oxygen atoms in total. The summed E-state index contributed by atoms with van der Waals surface area (Å²) in [6.07, 6.45) is 1.50. The fourth-order valence-electron chi connectivity index (χ4n) is 1.43. The van der Waals surface area contributed by atoms with Crippen LogP contribution in [0, 0.1) is 12.7 Å². The Bertz CT molecular complexity index is 379. The zero-order valence-corrected chi connectivity index (χ0v) is 9.59. The first kappa shape index (κ1) is 12.6.